The minimum absolute atomic E-state index is 0.210. The monoisotopic (exact) mass is 252 g/mol. The Morgan fingerprint density at radius 2 is 2.11 bits per heavy atom. The van der Waals surface area contributed by atoms with Crippen LogP contribution in [0.3, 0.4) is 0 Å². The van der Waals surface area contributed by atoms with Crippen molar-refractivity contribution in [2.75, 3.05) is 36.5 Å². The normalized spacial score (nSPS) is 10.4. The fourth-order valence-corrected chi connectivity index (χ4v) is 1.86. The SMILES string of the molecule is CCCNc1ncnc(N(CC)CCCO)c1C. The fourth-order valence-electron chi connectivity index (χ4n) is 1.86. The van der Waals surface area contributed by atoms with Crippen molar-refractivity contribution in [3.63, 3.8) is 0 Å². The van der Waals surface area contributed by atoms with Gasteiger partial charge in [-0.05, 0) is 26.7 Å². The minimum atomic E-state index is 0.210. The molecule has 0 atom stereocenters. The van der Waals surface area contributed by atoms with E-state index in [1.54, 1.807) is 6.33 Å². The Balaban J connectivity index is 2.86. The first-order valence-corrected chi connectivity index (χ1v) is 6.65. The average Bonchev–Trinajstić information content (AvgIpc) is 2.40. The van der Waals surface area contributed by atoms with Gasteiger partial charge in [0.25, 0.3) is 0 Å². The molecular weight excluding hydrogens is 228 g/mol. The molecule has 0 amide bonds. The molecule has 0 aliphatic carbocycles. The predicted molar refractivity (Wildman–Crippen MR) is 75.1 cm³/mol. The molecule has 1 aromatic rings. The summed E-state index contributed by atoms with van der Waals surface area (Å²) in [5.74, 6) is 1.86. The lowest BCUT2D eigenvalue weighted by Crippen LogP contribution is -2.27. The first kappa shape index (κ1) is 14.7. The number of nitrogens with one attached hydrogen (secondary N) is 1. The Labute approximate surface area is 109 Å². The first-order chi connectivity index (χ1) is 8.74. The van der Waals surface area contributed by atoms with Crippen molar-refractivity contribution >= 4 is 11.6 Å². The van der Waals surface area contributed by atoms with Crippen molar-refractivity contribution in [3.05, 3.63) is 11.9 Å². The highest BCUT2D eigenvalue weighted by atomic mass is 16.3. The lowest BCUT2D eigenvalue weighted by Gasteiger charge is -2.24. The number of anilines is 2. The van der Waals surface area contributed by atoms with Crippen LogP contribution < -0.4 is 10.2 Å². The van der Waals surface area contributed by atoms with Crippen LogP contribution in [0.2, 0.25) is 0 Å². The second-order valence-corrected chi connectivity index (χ2v) is 4.25. The van der Waals surface area contributed by atoms with Gasteiger partial charge in [-0.3, -0.25) is 0 Å². The molecule has 2 N–H and O–H groups in total. The van der Waals surface area contributed by atoms with Crippen LogP contribution >= 0.6 is 0 Å². The van der Waals surface area contributed by atoms with Crippen molar-refractivity contribution < 1.29 is 5.11 Å². The summed E-state index contributed by atoms with van der Waals surface area (Å²) in [4.78, 5) is 10.8. The van der Waals surface area contributed by atoms with E-state index in [0.717, 1.165) is 49.7 Å². The van der Waals surface area contributed by atoms with Gasteiger partial charge >= 0.3 is 0 Å². The van der Waals surface area contributed by atoms with Gasteiger partial charge in [-0.25, -0.2) is 9.97 Å². The van der Waals surface area contributed by atoms with Gasteiger partial charge in [0, 0.05) is 31.8 Å². The summed E-state index contributed by atoms with van der Waals surface area (Å²) in [5, 5.41) is 12.2. The standard InChI is InChI=1S/C13H24N4O/c1-4-7-14-12-11(3)13(16-10-15-12)17(5-2)8-6-9-18/h10,18H,4-9H2,1-3H3,(H,14,15,16). The number of aliphatic hydroxyl groups is 1. The lowest BCUT2D eigenvalue weighted by atomic mass is 10.2. The molecule has 0 radical (unpaired) electrons. The number of hydrogen-bond donors (Lipinski definition) is 2. The van der Waals surface area contributed by atoms with E-state index in [9.17, 15) is 0 Å². The Kier molecular flexibility index (Phi) is 6.43. The highest BCUT2D eigenvalue weighted by Gasteiger charge is 2.12. The van der Waals surface area contributed by atoms with Crippen LogP contribution in [0, 0.1) is 6.92 Å². The molecule has 0 fully saturated rings. The average molecular weight is 252 g/mol. The molecule has 0 aliphatic rings. The van der Waals surface area contributed by atoms with Crippen LogP contribution in [-0.2, 0) is 0 Å². The maximum absolute atomic E-state index is 8.93. The lowest BCUT2D eigenvalue weighted by molar-refractivity contribution is 0.289. The second-order valence-electron chi connectivity index (χ2n) is 4.25. The number of rotatable bonds is 8. The fraction of sp³-hybridized carbons (Fsp3) is 0.692. The van der Waals surface area contributed by atoms with E-state index < -0.39 is 0 Å². The van der Waals surface area contributed by atoms with Crippen LogP contribution in [-0.4, -0.2) is 41.3 Å². The summed E-state index contributed by atoms with van der Waals surface area (Å²) in [6, 6.07) is 0. The Morgan fingerprint density at radius 1 is 1.33 bits per heavy atom. The van der Waals surface area contributed by atoms with Crippen LogP contribution in [0.4, 0.5) is 11.6 Å². The number of aliphatic hydroxyl groups excluding tert-OH is 1. The molecule has 102 valence electrons. The molecule has 0 saturated carbocycles. The first-order valence-electron chi connectivity index (χ1n) is 6.65. The van der Waals surface area contributed by atoms with E-state index in [2.05, 4.69) is 34.0 Å². The van der Waals surface area contributed by atoms with Crippen LogP contribution in [0.25, 0.3) is 0 Å². The van der Waals surface area contributed by atoms with E-state index in [1.807, 2.05) is 6.92 Å². The summed E-state index contributed by atoms with van der Waals surface area (Å²) in [7, 11) is 0. The smallest absolute Gasteiger partial charge is 0.137 e. The summed E-state index contributed by atoms with van der Waals surface area (Å²) >= 11 is 0. The van der Waals surface area contributed by atoms with E-state index in [-0.39, 0.29) is 6.61 Å². The van der Waals surface area contributed by atoms with Gasteiger partial charge in [0.15, 0.2) is 0 Å². The molecule has 0 aliphatic heterocycles. The summed E-state index contributed by atoms with van der Waals surface area (Å²) in [5.41, 5.74) is 1.07. The van der Waals surface area contributed by atoms with Gasteiger partial charge in [-0.2, -0.15) is 0 Å². The van der Waals surface area contributed by atoms with Gasteiger partial charge < -0.3 is 15.3 Å². The molecule has 0 spiro atoms. The topological polar surface area (TPSA) is 61.3 Å². The van der Waals surface area contributed by atoms with Crippen molar-refractivity contribution in [1.82, 2.24) is 9.97 Å². The summed E-state index contributed by atoms with van der Waals surface area (Å²) in [6.07, 6.45) is 3.43. The van der Waals surface area contributed by atoms with Crippen molar-refractivity contribution in [2.45, 2.75) is 33.6 Å². The third-order valence-electron chi connectivity index (χ3n) is 2.87. The third-order valence-corrected chi connectivity index (χ3v) is 2.87. The van der Waals surface area contributed by atoms with Crippen LogP contribution in [0.1, 0.15) is 32.3 Å². The molecule has 1 heterocycles. The molecule has 0 unspecified atom stereocenters. The molecule has 5 nitrogen and oxygen atoms in total. The number of aromatic nitrogens is 2. The van der Waals surface area contributed by atoms with Gasteiger partial charge in [-0.1, -0.05) is 6.92 Å². The Morgan fingerprint density at radius 3 is 2.72 bits per heavy atom. The summed E-state index contributed by atoms with van der Waals surface area (Å²) < 4.78 is 0. The van der Waals surface area contributed by atoms with E-state index in [4.69, 9.17) is 5.11 Å². The minimum Gasteiger partial charge on any atom is -0.396 e. The molecular formula is C13H24N4O. The zero-order valence-corrected chi connectivity index (χ0v) is 11.6. The van der Waals surface area contributed by atoms with E-state index in [1.165, 1.54) is 0 Å². The van der Waals surface area contributed by atoms with Crippen molar-refractivity contribution in [2.24, 2.45) is 0 Å². The maximum Gasteiger partial charge on any atom is 0.137 e. The molecule has 1 rings (SSSR count). The third kappa shape index (κ3) is 3.84. The highest BCUT2D eigenvalue weighted by Crippen LogP contribution is 2.22. The molecule has 0 aromatic carbocycles. The largest absolute Gasteiger partial charge is 0.396 e. The van der Waals surface area contributed by atoms with Gasteiger partial charge in [0.2, 0.25) is 0 Å². The van der Waals surface area contributed by atoms with Crippen molar-refractivity contribution in [3.8, 4) is 0 Å². The van der Waals surface area contributed by atoms with Gasteiger partial charge in [0.05, 0.1) is 0 Å². The number of nitrogens with zero attached hydrogens (tertiary/aromatic N) is 3. The zero-order valence-electron chi connectivity index (χ0n) is 11.6. The quantitative estimate of drug-likeness (QED) is 0.739. The van der Waals surface area contributed by atoms with Gasteiger partial charge in [0.1, 0.15) is 18.0 Å². The predicted octanol–water partition coefficient (Wildman–Crippen LogP) is 1.82. The van der Waals surface area contributed by atoms with Gasteiger partial charge in [-0.15, -0.1) is 0 Å². The van der Waals surface area contributed by atoms with Crippen LogP contribution in [0.15, 0.2) is 6.33 Å². The molecule has 18 heavy (non-hydrogen) atoms. The van der Waals surface area contributed by atoms with E-state index in [0.29, 0.717) is 0 Å². The van der Waals surface area contributed by atoms with E-state index >= 15 is 0 Å². The number of hydrogen-bond acceptors (Lipinski definition) is 5. The highest BCUT2D eigenvalue weighted by molar-refractivity contribution is 5.57. The molecule has 1 aromatic heterocycles. The summed E-state index contributed by atoms with van der Waals surface area (Å²) in [6.45, 7) is 9.09. The molecule has 0 bridgehead atoms. The maximum atomic E-state index is 8.93. The Hall–Kier alpha value is -1.36. The van der Waals surface area contributed by atoms with Crippen LogP contribution in [0.5, 0.6) is 0 Å². The Bertz CT molecular complexity index is 357. The zero-order chi connectivity index (χ0) is 13.4. The van der Waals surface area contributed by atoms with Crippen molar-refractivity contribution in [1.29, 1.82) is 0 Å². The molecule has 0 saturated heterocycles. The second kappa shape index (κ2) is 7.87. The molecule has 5 heteroatoms.